The van der Waals surface area contributed by atoms with Crippen LogP contribution in [0.3, 0.4) is 0 Å². The number of nitrogen functional groups attached to an aromatic ring is 1. The van der Waals surface area contributed by atoms with E-state index in [9.17, 15) is 23.9 Å². The van der Waals surface area contributed by atoms with Crippen molar-refractivity contribution in [1.29, 1.82) is 0 Å². The highest BCUT2D eigenvalue weighted by atomic mass is 32.2. The molecule has 37 heavy (non-hydrogen) atoms. The van der Waals surface area contributed by atoms with Crippen LogP contribution in [0.2, 0.25) is 0 Å². The minimum atomic E-state index is -1.22. The number of nitrogens with two attached hydrogens (primary N) is 1. The first-order chi connectivity index (χ1) is 17.9. The number of anilines is 1. The van der Waals surface area contributed by atoms with E-state index in [0.29, 0.717) is 11.3 Å². The number of thioether (sulfide) groups is 1. The van der Waals surface area contributed by atoms with E-state index >= 15 is 0 Å². The molecule has 0 radical (unpaired) electrons. The molecule has 2 aliphatic rings. The molecule has 192 valence electrons. The van der Waals surface area contributed by atoms with Crippen molar-refractivity contribution in [3.63, 3.8) is 0 Å². The number of aliphatic carboxylic acids is 1. The molecule has 12 nitrogen and oxygen atoms in total. The number of amides is 2. The minimum absolute atomic E-state index is 0.0884. The number of carbonyl (C=O) groups is 3. The zero-order chi connectivity index (χ0) is 26.1. The van der Waals surface area contributed by atoms with Crippen LogP contribution < -0.4 is 15.6 Å². The van der Waals surface area contributed by atoms with E-state index < -0.39 is 35.9 Å². The van der Waals surface area contributed by atoms with E-state index in [0.717, 1.165) is 17.0 Å². The second kappa shape index (κ2) is 10.2. The highest BCUT2D eigenvalue weighted by molar-refractivity contribution is 8.00. The average molecular weight is 547 g/mol. The molecule has 3 aromatic heterocycles. The fraction of sp³-hybridized carbons (Fsp3) is 0.273. The van der Waals surface area contributed by atoms with Crippen molar-refractivity contribution in [3.8, 4) is 0 Å². The molecule has 0 aromatic carbocycles. The first-order valence-corrected chi connectivity index (χ1v) is 12.9. The molecule has 5 heterocycles. The fourth-order valence-electron chi connectivity index (χ4n) is 4.14. The first kappa shape index (κ1) is 24.7. The molecule has 3 aromatic rings. The largest absolute Gasteiger partial charge is 0.477 e. The average Bonchev–Trinajstić information content (AvgIpc) is 3.50. The number of halogens is 1. The number of aromatic nitrogens is 3. The Morgan fingerprint density at radius 1 is 1.38 bits per heavy atom. The molecule has 0 unspecified atom stereocenters. The summed E-state index contributed by atoms with van der Waals surface area (Å²) in [6, 6.07) is 4.70. The van der Waals surface area contributed by atoms with Gasteiger partial charge in [0.05, 0.1) is 6.20 Å². The molecule has 0 saturated carbocycles. The third kappa shape index (κ3) is 4.62. The number of fused-ring (bicyclic) bond motifs is 2. The Morgan fingerprint density at radius 3 is 2.95 bits per heavy atom. The highest BCUT2D eigenvalue weighted by Gasteiger charge is 2.54. The van der Waals surface area contributed by atoms with Crippen LogP contribution in [0.5, 0.6) is 0 Å². The summed E-state index contributed by atoms with van der Waals surface area (Å²) in [7, 11) is 0. The van der Waals surface area contributed by atoms with Crippen molar-refractivity contribution in [3.05, 3.63) is 59.1 Å². The van der Waals surface area contributed by atoms with Crippen LogP contribution >= 0.6 is 23.1 Å². The smallest absolute Gasteiger partial charge is 0.352 e. The maximum Gasteiger partial charge on any atom is 0.352 e. The van der Waals surface area contributed by atoms with E-state index in [-0.39, 0.29) is 35.4 Å². The number of β-lactam (4-membered cyclic amide) rings is 1. The quantitative estimate of drug-likeness (QED) is 0.114. The van der Waals surface area contributed by atoms with Crippen molar-refractivity contribution in [2.45, 2.75) is 18.0 Å². The molecule has 1 saturated heterocycles. The molecule has 2 aliphatic heterocycles. The number of nitrogens with one attached hydrogen (secondary N) is 1. The maximum absolute atomic E-state index is 13.1. The summed E-state index contributed by atoms with van der Waals surface area (Å²) < 4.78 is 16.3. The van der Waals surface area contributed by atoms with Crippen molar-refractivity contribution in [2.24, 2.45) is 5.16 Å². The third-order valence-electron chi connectivity index (χ3n) is 5.77. The standard InChI is InChI=1S/C22H20FN7O5S2/c23-4-8-35-27-15(13-11-37-22(24)25-13)18(31)26-16-19(32)30-17(21(33)34)12(10-36-20(16)30)9-29-7-6-28-5-2-1-3-14(28)29/h1-3,5-7,11,16,20H,4,8-10H2,(H3-,24,25,26,31,33,34)/p+1/t16-,20+/m1/s1. The monoisotopic (exact) mass is 546 g/mol. The van der Waals surface area contributed by atoms with Gasteiger partial charge in [-0.15, -0.1) is 23.1 Å². The van der Waals surface area contributed by atoms with Gasteiger partial charge in [0, 0.05) is 22.8 Å². The lowest BCUT2D eigenvalue weighted by molar-refractivity contribution is -0.662. The zero-order valence-electron chi connectivity index (χ0n) is 19.1. The molecule has 2 atom stereocenters. The van der Waals surface area contributed by atoms with Crippen LogP contribution in [0.15, 0.2) is 58.6 Å². The summed E-state index contributed by atoms with van der Waals surface area (Å²) >= 11 is 2.43. The van der Waals surface area contributed by atoms with Gasteiger partial charge in [-0.05, 0) is 6.07 Å². The van der Waals surface area contributed by atoms with Crippen LogP contribution in [0.4, 0.5) is 9.52 Å². The van der Waals surface area contributed by atoms with Gasteiger partial charge in [-0.25, -0.2) is 23.1 Å². The van der Waals surface area contributed by atoms with Crippen LogP contribution in [-0.2, 0) is 25.8 Å². The van der Waals surface area contributed by atoms with E-state index in [2.05, 4.69) is 15.5 Å². The lowest BCUT2D eigenvalue weighted by Crippen LogP contribution is -2.71. The van der Waals surface area contributed by atoms with Gasteiger partial charge in [0.2, 0.25) is 0 Å². The van der Waals surface area contributed by atoms with Gasteiger partial charge in [0.1, 0.15) is 55.0 Å². The zero-order valence-corrected chi connectivity index (χ0v) is 20.7. The number of carboxylic acids is 1. The normalized spacial score (nSPS) is 19.5. The Bertz CT molecular complexity index is 1450. The van der Waals surface area contributed by atoms with Crippen molar-refractivity contribution in [2.75, 3.05) is 24.8 Å². The molecule has 15 heteroatoms. The number of oxime groups is 1. The molecule has 0 aliphatic carbocycles. The Morgan fingerprint density at radius 2 is 2.22 bits per heavy atom. The molecular formula is C22H21FN7O5S2+. The molecule has 4 N–H and O–H groups in total. The highest BCUT2D eigenvalue weighted by Crippen LogP contribution is 2.40. The lowest BCUT2D eigenvalue weighted by Gasteiger charge is -2.49. The topological polar surface area (TPSA) is 155 Å². The van der Waals surface area contributed by atoms with Gasteiger partial charge in [0.25, 0.3) is 17.5 Å². The number of thiazole rings is 1. The molecule has 5 rings (SSSR count). The number of carbonyl (C=O) groups excluding carboxylic acids is 2. The summed E-state index contributed by atoms with van der Waals surface area (Å²) in [6.07, 6.45) is 5.59. The van der Waals surface area contributed by atoms with Crippen molar-refractivity contribution in [1.82, 2.24) is 19.6 Å². The summed E-state index contributed by atoms with van der Waals surface area (Å²) in [5, 5.41) is 17.3. The lowest BCUT2D eigenvalue weighted by atomic mass is 10.0. The van der Waals surface area contributed by atoms with E-state index in [1.165, 1.54) is 22.0 Å². The molecule has 0 spiro atoms. The van der Waals surface area contributed by atoms with E-state index in [4.69, 9.17) is 10.6 Å². The van der Waals surface area contributed by atoms with Gasteiger partial charge >= 0.3 is 5.97 Å². The number of imidazole rings is 1. The second-order valence-corrected chi connectivity index (χ2v) is 10.0. The molecule has 0 bridgehead atoms. The first-order valence-electron chi connectivity index (χ1n) is 11.0. The SMILES string of the molecule is Nc1nc(C(=NOCCF)C(=O)N[C@@H]2C(=O)N3C(C(=O)O)=C(C[n+]4ccn5ccccc54)CS[C@@H]23)cs1. The number of carboxylic acid groups (broad SMARTS) is 1. The Kier molecular flexibility index (Phi) is 6.80. The molecule has 1 fully saturated rings. The summed E-state index contributed by atoms with van der Waals surface area (Å²) in [6.45, 7) is -0.886. The minimum Gasteiger partial charge on any atom is -0.477 e. The fourth-order valence-corrected chi connectivity index (χ4v) is 6.03. The van der Waals surface area contributed by atoms with Gasteiger partial charge in [-0.1, -0.05) is 11.2 Å². The van der Waals surface area contributed by atoms with Gasteiger partial charge in [-0.2, -0.15) is 0 Å². The summed E-state index contributed by atoms with van der Waals surface area (Å²) in [5.41, 5.74) is 6.86. The predicted octanol–water partition coefficient (Wildman–Crippen LogP) is 0.395. The van der Waals surface area contributed by atoms with Crippen LogP contribution in [0, 0.1) is 0 Å². The molecular weight excluding hydrogens is 525 g/mol. The number of pyridine rings is 1. The number of nitrogens with zero attached hydrogens (tertiary/aromatic N) is 5. The van der Waals surface area contributed by atoms with Crippen LogP contribution in [-0.4, -0.2) is 73.3 Å². The second-order valence-electron chi connectivity index (χ2n) is 8.04. The number of hydrogen-bond acceptors (Lipinski definition) is 9. The summed E-state index contributed by atoms with van der Waals surface area (Å²) in [4.78, 5) is 48.3. The van der Waals surface area contributed by atoms with Gasteiger partial charge in [0.15, 0.2) is 10.8 Å². The van der Waals surface area contributed by atoms with E-state index in [1.807, 2.05) is 45.8 Å². The van der Waals surface area contributed by atoms with Gasteiger partial charge < -0.3 is 21.0 Å². The van der Waals surface area contributed by atoms with Crippen LogP contribution in [0.25, 0.3) is 5.65 Å². The molecule has 2 amide bonds. The Balaban J connectivity index is 1.36. The Hall–Kier alpha value is -3.98. The van der Waals surface area contributed by atoms with Gasteiger partial charge in [-0.3, -0.25) is 14.5 Å². The number of hydrogen-bond donors (Lipinski definition) is 3. The van der Waals surface area contributed by atoms with Crippen molar-refractivity contribution >= 4 is 57.4 Å². The third-order valence-corrected chi connectivity index (χ3v) is 7.78. The van der Waals surface area contributed by atoms with Crippen molar-refractivity contribution < 1.29 is 33.3 Å². The van der Waals surface area contributed by atoms with E-state index in [1.54, 1.807) is 0 Å². The van der Waals surface area contributed by atoms with Crippen LogP contribution in [0.1, 0.15) is 5.69 Å². The number of alkyl halides is 1. The predicted molar refractivity (Wildman–Crippen MR) is 132 cm³/mol. The number of rotatable bonds is 9. The maximum atomic E-state index is 13.1. The summed E-state index contributed by atoms with van der Waals surface area (Å²) in [5.74, 6) is -2.20. The Labute approximate surface area is 217 Å².